The first-order chi connectivity index (χ1) is 15.7. The molecule has 4 aromatic rings. The average Bonchev–Trinajstić information content (AvgIpc) is 3.35. The number of anilines is 2. The predicted octanol–water partition coefficient (Wildman–Crippen LogP) is 3.44. The molecule has 0 spiro atoms. The van der Waals surface area contributed by atoms with Gasteiger partial charge in [-0.3, -0.25) is 0 Å². The number of aliphatic hydroxyl groups is 1. The maximum atomic E-state index is 13.1. The van der Waals surface area contributed by atoms with Crippen LogP contribution in [-0.2, 0) is 17.3 Å². The van der Waals surface area contributed by atoms with Gasteiger partial charge in [-0.05, 0) is 36.6 Å². The smallest absolute Gasteiger partial charge is 0.390 e. The fourth-order valence-corrected chi connectivity index (χ4v) is 4.29. The van der Waals surface area contributed by atoms with Crippen molar-refractivity contribution >= 4 is 33.6 Å². The molecule has 33 heavy (non-hydrogen) atoms. The van der Waals surface area contributed by atoms with E-state index in [0.29, 0.717) is 41.6 Å². The molecular formula is C22H21F3N6O2. The summed E-state index contributed by atoms with van der Waals surface area (Å²) in [5.74, 6) is -0.172. The molecular weight excluding hydrogens is 437 g/mol. The van der Waals surface area contributed by atoms with Gasteiger partial charge in [-0.15, -0.1) is 0 Å². The first-order valence-electron chi connectivity index (χ1n) is 10.4. The number of halogens is 3. The van der Waals surface area contributed by atoms with Gasteiger partial charge in [-0.2, -0.15) is 13.2 Å². The molecule has 5 rings (SSSR count). The first-order valence-corrected chi connectivity index (χ1v) is 10.4. The van der Waals surface area contributed by atoms with E-state index in [1.807, 2.05) is 16.8 Å². The zero-order valence-corrected chi connectivity index (χ0v) is 17.3. The highest BCUT2D eigenvalue weighted by Crippen LogP contribution is 2.36. The second-order valence-corrected chi connectivity index (χ2v) is 8.14. The molecule has 0 saturated carbocycles. The lowest BCUT2D eigenvalue weighted by Crippen LogP contribution is -2.21. The number of ether oxygens (including phenoxy) is 1. The summed E-state index contributed by atoms with van der Waals surface area (Å²) in [6.45, 7) is 0. The number of benzene rings is 1. The molecule has 1 fully saturated rings. The van der Waals surface area contributed by atoms with Crippen molar-refractivity contribution in [3.05, 3.63) is 54.0 Å². The molecule has 0 amide bonds. The van der Waals surface area contributed by atoms with E-state index >= 15 is 0 Å². The predicted molar refractivity (Wildman–Crippen MR) is 116 cm³/mol. The lowest BCUT2D eigenvalue weighted by atomic mass is 10.0. The zero-order valence-electron chi connectivity index (χ0n) is 17.3. The van der Waals surface area contributed by atoms with Crippen LogP contribution in [0.1, 0.15) is 30.2 Å². The molecule has 1 aliphatic heterocycles. The van der Waals surface area contributed by atoms with Crippen LogP contribution in [-0.4, -0.2) is 36.8 Å². The van der Waals surface area contributed by atoms with Crippen LogP contribution in [0.15, 0.2) is 42.9 Å². The average molecular weight is 458 g/mol. The molecule has 5 N–H and O–H groups in total. The number of nitrogens with zero attached hydrogens (tertiary/aromatic N) is 4. The van der Waals surface area contributed by atoms with E-state index in [1.165, 1.54) is 6.33 Å². The summed E-state index contributed by atoms with van der Waals surface area (Å²) < 4.78 is 47.1. The van der Waals surface area contributed by atoms with Gasteiger partial charge in [-0.25, -0.2) is 15.0 Å². The topological polar surface area (TPSA) is 125 Å². The largest absolute Gasteiger partial charge is 0.419 e. The van der Waals surface area contributed by atoms with E-state index in [9.17, 15) is 18.3 Å². The Morgan fingerprint density at radius 2 is 1.94 bits per heavy atom. The van der Waals surface area contributed by atoms with Gasteiger partial charge in [0.05, 0.1) is 28.7 Å². The monoisotopic (exact) mass is 458 g/mol. The van der Waals surface area contributed by atoms with Gasteiger partial charge < -0.3 is 25.9 Å². The van der Waals surface area contributed by atoms with E-state index in [1.54, 1.807) is 18.2 Å². The Morgan fingerprint density at radius 1 is 1.12 bits per heavy atom. The number of aryl methyl sites for hydroxylation is 1. The van der Waals surface area contributed by atoms with Gasteiger partial charge >= 0.3 is 6.18 Å². The van der Waals surface area contributed by atoms with E-state index in [-0.39, 0.29) is 0 Å². The fourth-order valence-electron chi connectivity index (χ4n) is 4.29. The van der Waals surface area contributed by atoms with Crippen LogP contribution in [0.3, 0.4) is 0 Å². The Bertz CT molecular complexity index is 1340. The lowest BCUT2D eigenvalue weighted by Gasteiger charge is -2.16. The number of rotatable bonds is 4. The Balaban J connectivity index is 1.30. The maximum absolute atomic E-state index is 13.1. The summed E-state index contributed by atoms with van der Waals surface area (Å²) >= 11 is 0. The van der Waals surface area contributed by atoms with Crippen molar-refractivity contribution < 1.29 is 23.0 Å². The number of hydrogen-bond donors (Lipinski definition) is 3. The van der Waals surface area contributed by atoms with Crippen molar-refractivity contribution in [2.75, 3.05) is 11.5 Å². The number of aromatic nitrogens is 4. The van der Waals surface area contributed by atoms with Crippen molar-refractivity contribution in [3.63, 3.8) is 0 Å². The van der Waals surface area contributed by atoms with Gasteiger partial charge in [0, 0.05) is 18.0 Å². The number of hydrogen-bond acceptors (Lipinski definition) is 7. The van der Waals surface area contributed by atoms with E-state index in [4.69, 9.17) is 16.2 Å². The third kappa shape index (κ3) is 3.93. The number of nitrogens with two attached hydrogens (primary N) is 2. The summed E-state index contributed by atoms with van der Waals surface area (Å²) in [5.41, 5.74) is 12.4. The maximum Gasteiger partial charge on any atom is 0.419 e. The minimum absolute atomic E-state index is 0.359. The molecule has 1 aliphatic rings. The highest BCUT2D eigenvalue weighted by molar-refractivity contribution is 5.86. The van der Waals surface area contributed by atoms with Crippen LogP contribution in [0.5, 0.6) is 0 Å². The third-order valence-electron chi connectivity index (χ3n) is 5.99. The van der Waals surface area contributed by atoms with Crippen LogP contribution >= 0.6 is 0 Å². The minimum Gasteiger partial charge on any atom is -0.390 e. The number of alkyl halides is 3. The summed E-state index contributed by atoms with van der Waals surface area (Å²) in [5, 5.41) is 11.6. The molecule has 1 aromatic carbocycles. The number of pyridine rings is 1. The summed E-state index contributed by atoms with van der Waals surface area (Å²) in [6, 6.07) is 7.87. The Morgan fingerprint density at radius 3 is 2.73 bits per heavy atom. The molecule has 0 bridgehead atoms. The molecule has 172 valence electrons. The molecule has 4 heterocycles. The molecule has 3 atom stereocenters. The van der Waals surface area contributed by atoms with Crippen molar-refractivity contribution in [1.29, 1.82) is 0 Å². The summed E-state index contributed by atoms with van der Waals surface area (Å²) in [7, 11) is 0. The van der Waals surface area contributed by atoms with E-state index in [2.05, 4.69) is 15.0 Å². The molecule has 1 saturated heterocycles. The third-order valence-corrected chi connectivity index (χ3v) is 5.99. The SMILES string of the molecule is Nc1nc2cc(CCC3OC(n4ccc5c(N)ncnc54)CC3O)ccc2cc1C(F)(F)F. The van der Waals surface area contributed by atoms with Crippen LogP contribution in [0.25, 0.3) is 21.9 Å². The van der Waals surface area contributed by atoms with Crippen LogP contribution in [0.2, 0.25) is 0 Å². The molecule has 0 radical (unpaired) electrons. The van der Waals surface area contributed by atoms with E-state index in [0.717, 1.165) is 17.0 Å². The standard InChI is InChI=1S/C22H21F3N6O2/c23-22(24,25)14-8-12-3-1-11(7-15(12)30-20(14)27)2-4-17-16(32)9-18(33-17)31-6-5-13-19(26)28-10-29-21(13)31/h1,3,5-8,10,16-18,32H,2,4,9H2,(H2,27,30)(H2,26,28,29). The van der Waals surface area contributed by atoms with Gasteiger partial charge in [0.1, 0.15) is 29.8 Å². The Kier molecular flexibility index (Phi) is 5.09. The van der Waals surface area contributed by atoms with E-state index < -0.39 is 36.0 Å². The van der Waals surface area contributed by atoms with Crippen molar-refractivity contribution in [3.8, 4) is 0 Å². The molecule has 11 heteroatoms. The number of fused-ring (bicyclic) bond motifs is 2. The molecule has 8 nitrogen and oxygen atoms in total. The highest BCUT2D eigenvalue weighted by atomic mass is 19.4. The van der Waals surface area contributed by atoms with Crippen molar-refractivity contribution in [2.24, 2.45) is 0 Å². The quantitative estimate of drug-likeness (QED) is 0.428. The summed E-state index contributed by atoms with van der Waals surface area (Å²) in [6.07, 6.45) is -1.37. The Labute approximate surface area is 186 Å². The first kappa shape index (κ1) is 21.4. The normalized spacial score (nSPS) is 21.3. The Hall–Kier alpha value is -3.44. The van der Waals surface area contributed by atoms with Gasteiger partial charge in [-0.1, -0.05) is 12.1 Å². The lowest BCUT2D eigenvalue weighted by molar-refractivity contribution is -0.137. The van der Waals surface area contributed by atoms with Crippen LogP contribution in [0, 0.1) is 0 Å². The van der Waals surface area contributed by atoms with Gasteiger partial charge in [0.25, 0.3) is 0 Å². The van der Waals surface area contributed by atoms with Crippen molar-refractivity contribution in [1.82, 2.24) is 19.5 Å². The second kappa shape index (κ2) is 7.85. The highest BCUT2D eigenvalue weighted by Gasteiger charge is 2.36. The zero-order chi connectivity index (χ0) is 23.3. The van der Waals surface area contributed by atoms with Crippen LogP contribution in [0.4, 0.5) is 24.8 Å². The number of nitrogen functional groups attached to an aromatic ring is 2. The van der Waals surface area contributed by atoms with Gasteiger partial charge in [0.15, 0.2) is 0 Å². The van der Waals surface area contributed by atoms with Crippen LogP contribution < -0.4 is 11.5 Å². The molecule has 0 aliphatic carbocycles. The fraction of sp³-hybridized carbons (Fsp3) is 0.318. The molecule has 3 aromatic heterocycles. The second-order valence-electron chi connectivity index (χ2n) is 8.14. The summed E-state index contributed by atoms with van der Waals surface area (Å²) in [4.78, 5) is 12.2. The minimum atomic E-state index is -4.56. The van der Waals surface area contributed by atoms with Crippen molar-refractivity contribution in [2.45, 2.75) is 43.9 Å². The molecule has 3 unspecified atom stereocenters. The van der Waals surface area contributed by atoms with Gasteiger partial charge in [0.2, 0.25) is 0 Å². The number of aliphatic hydroxyl groups excluding tert-OH is 1.